The van der Waals surface area contributed by atoms with Crippen LogP contribution in [0.25, 0.3) is 0 Å². The van der Waals surface area contributed by atoms with Crippen molar-refractivity contribution in [2.24, 2.45) is 0 Å². The fourth-order valence-corrected chi connectivity index (χ4v) is 5.94. The number of nitrogens with zero attached hydrogens (tertiary/aromatic N) is 2. The Morgan fingerprint density at radius 1 is 0.971 bits per heavy atom. The summed E-state index contributed by atoms with van der Waals surface area (Å²) in [4.78, 5) is 41.8. The number of fused-ring (bicyclic) bond motifs is 2. The first-order chi connectivity index (χ1) is 16.4. The molecule has 1 spiro atoms. The zero-order chi connectivity index (χ0) is 23.9. The predicted molar refractivity (Wildman–Crippen MR) is 136 cm³/mol. The third-order valence-corrected chi connectivity index (χ3v) is 7.63. The van der Waals surface area contributed by atoms with E-state index in [-0.39, 0.29) is 30.0 Å². The molecule has 0 bridgehead atoms. The van der Waals surface area contributed by atoms with E-state index in [1.54, 1.807) is 4.90 Å². The number of hydrogen-bond acceptors (Lipinski definition) is 4. The Kier molecular flexibility index (Phi) is 5.65. The molecule has 2 heterocycles. The molecule has 3 amide bonds. The van der Waals surface area contributed by atoms with Gasteiger partial charge in [0.15, 0.2) is 0 Å². The summed E-state index contributed by atoms with van der Waals surface area (Å²) >= 11 is 1.31. The Morgan fingerprint density at radius 3 is 2.35 bits per heavy atom. The largest absolute Gasteiger partial charge is 0.325 e. The third kappa shape index (κ3) is 3.56. The number of carbonyl (C=O) groups excluding carboxylic acids is 3. The summed E-state index contributed by atoms with van der Waals surface area (Å²) in [5, 5.41) is 2.90. The van der Waals surface area contributed by atoms with Crippen LogP contribution in [0.4, 0.5) is 17.1 Å². The minimum Gasteiger partial charge on any atom is -0.325 e. The van der Waals surface area contributed by atoms with E-state index in [1.165, 1.54) is 22.2 Å². The maximum Gasteiger partial charge on any atom is 0.269 e. The molecule has 1 N–H and O–H groups in total. The van der Waals surface area contributed by atoms with Crippen molar-refractivity contribution in [1.29, 1.82) is 0 Å². The highest BCUT2D eigenvalue weighted by Gasteiger charge is 2.61. The van der Waals surface area contributed by atoms with Gasteiger partial charge in [-0.2, -0.15) is 0 Å². The summed E-state index contributed by atoms with van der Waals surface area (Å²) in [6, 6.07) is 24.4. The number of anilines is 3. The van der Waals surface area contributed by atoms with Crippen molar-refractivity contribution < 1.29 is 14.4 Å². The first-order valence-corrected chi connectivity index (χ1v) is 12.2. The molecule has 1 fully saturated rings. The average Bonchev–Trinajstić information content (AvgIpc) is 3.31. The Bertz CT molecular complexity index is 1260. The van der Waals surface area contributed by atoms with E-state index in [4.69, 9.17) is 0 Å². The lowest BCUT2D eigenvalue weighted by atomic mass is 10.0. The number of nitrogens with one attached hydrogen (secondary N) is 1. The van der Waals surface area contributed by atoms with Gasteiger partial charge >= 0.3 is 0 Å². The molecule has 172 valence electrons. The maximum absolute atomic E-state index is 14.0. The first kappa shape index (κ1) is 22.2. The second-order valence-corrected chi connectivity index (χ2v) is 9.90. The summed E-state index contributed by atoms with van der Waals surface area (Å²) in [5.74, 6) is -0.108. The molecule has 1 saturated heterocycles. The van der Waals surface area contributed by atoms with E-state index >= 15 is 0 Å². The van der Waals surface area contributed by atoms with Gasteiger partial charge < -0.3 is 5.32 Å². The van der Waals surface area contributed by atoms with Crippen molar-refractivity contribution in [3.63, 3.8) is 0 Å². The van der Waals surface area contributed by atoms with E-state index in [2.05, 4.69) is 19.2 Å². The normalized spacial score (nSPS) is 19.3. The molecule has 6 nitrogen and oxygen atoms in total. The Labute approximate surface area is 202 Å². The lowest BCUT2D eigenvalue weighted by Crippen LogP contribution is -2.50. The van der Waals surface area contributed by atoms with E-state index in [1.807, 2.05) is 78.9 Å². The smallest absolute Gasteiger partial charge is 0.269 e. The number of benzene rings is 3. The van der Waals surface area contributed by atoms with Gasteiger partial charge in [-0.3, -0.25) is 24.2 Å². The second-order valence-electron chi connectivity index (χ2n) is 8.73. The summed E-state index contributed by atoms with van der Waals surface area (Å²) in [5.41, 5.74) is 3.92. The van der Waals surface area contributed by atoms with Crippen LogP contribution in [0.1, 0.15) is 30.9 Å². The van der Waals surface area contributed by atoms with Crippen LogP contribution in [0.5, 0.6) is 0 Å². The van der Waals surface area contributed by atoms with Crippen molar-refractivity contribution in [2.45, 2.75) is 24.6 Å². The lowest BCUT2D eigenvalue weighted by Gasteiger charge is -2.33. The summed E-state index contributed by atoms with van der Waals surface area (Å²) in [6.07, 6.45) is 0. The van der Waals surface area contributed by atoms with E-state index in [0.717, 1.165) is 5.56 Å². The molecule has 0 radical (unpaired) electrons. The van der Waals surface area contributed by atoms with Crippen LogP contribution in [-0.4, -0.2) is 30.0 Å². The molecule has 2 aliphatic heterocycles. The molecule has 7 heteroatoms. The van der Waals surface area contributed by atoms with Crippen molar-refractivity contribution in [3.8, 4) is 0 Å². The molecule has 5 rings (SSSR count). The van der Waals surface area contributed by atoms with Crippen LogP contribution in [0.3, 0.4) is 0 Å². The number of hydrogen-bond donors (Lipinski definition) is 1. The van der Waals surface area contributed by atoms with Crippen LogP contribution in [-0.2, 0) is 19.3 Å². The van der Waals surface area contributed by atoms with Crippen LogP contribution in [0.15, 0.2) is 78.9 Å². The predicted octanol–water partition coefficient (Wildman–Crippen LogP) is 4.73. The Hall–Kier alpha value is -3.58. The molecule has 34 heavy (non-hydrogen) atoms. The Morgan fingerprint density at radius 2 is 1.65 bits per heavy atom. The number of para-hydroxylation sites is 2. The van der Waals surface area contributed by atoms with Gasteiger partial charge in [0.2, 0.25) is 16.7 Å². The van der Waals surface area contributed by atoms with Crippen molar-refractivity contribution in [3.05, 3.63) is 90.0 Å². The summed E-state index contributed by atoms with van der Waals surface area (Å²) < 4.78 is 0. The Balaban J connectivity index is 1.45. The molecule has 2 aliphatic rings. The van der Waals surface area contributed by atoms with Gasteiger partial charge in [-0.15, -0.1) is 11.8 Å². The van der Waals surface area contributed by atoms with E-state index in [0.29, 0.717) is 23.0 Å². The highest BCUT2D eigenvalue weighted by molar-refractivity contribution is 8.02. The topological polar surface area (TPSA) is 69.7 Å². The zero-order valence-corrected chi connectivity index (χ0v) is 19.8. The van der Waals surface area contributed by atoms with Gasteiger partial charge in [-0.25, -0.2) is 0 Å². The fraction of sp³-hybridized carbons (Fsp3) is 0.222. The quantitative estimate of drug-likeness (QED) is 0.584. The van der Waals surface area contributed by atoms with Gasteiger partial charge in [0.1, 0.15) is 6.54 Å². The molecule has 0 aliphatic carbocycles. The SMILES string of the molecule is CC(C)c1ccc(NC(=O)CN2C(=O)[C@@]3(SCC(=O)N3c3ccccc3)c3ccccc32)cc1. The number of carbonyl (C=O) groups is 3. The minimum atomic E-state index is -1.21. The van der Waals surface area contributed by atoms with Gasteiger partial charge in [0.05, 0.1) is 11.4 Å². The van der Waals surface area contributed by atoms with Gasteiger partial charge in [0, 0.05) is 16.9 Å². The average molecular weight is 472 g/mol. The van der Waals surface area contributed by atoms with E-state index < -0.39 is 4.87 Å². The second kappa shape index (κ2) is 8.65. The number of amides is 3. The first-order valence-electron chi connectivity index (χ1n) is 11.2. The van der Waals surface area contributed by atoms with Crippen LogP contribution in [0.2, 0.25) is 0 Å². The fourth-order valence-electron chi connectivity index (χ4n) is 4.58. The molecular weight excluding hydrogens is 446 g/mol. The van der Waals surface area contributed by atoms with Crippen molar-refractivity contribution >= 4 is 46.5 Å². The molecule has 0 aromatic heterocycles. The molecule has 3 aromatic rings. The van der Waals surface area contributed by atoms with Gasteiger partial charge in [0.25, 0.3) is 5.91 Å². The molecular formula is C27H25N3O3S. The third-order valence-electron chi connectivity index (χ3n) is 6.24. The van der Waals surface area contributed by atoms with Gasteiger partial charge in [-0.1, -0.05) is 62.4 Å². The molecule has 0 saturated carbocycles. The van der Waals surface area contributed by atoms with E-state index in [9.17, 15) is 14.4 Å². The molecule has 1 atom stereocenters. The van der Waals surface area contributed by atoms with Crippen molar-refractivity contribution in [2.75, 3.05) is 27.4 Å². The number of rotatable bonds is 5. The lowest BCUT2D eigenvalue weighted by molar-refractivity contribution is -0.124. The summed E-state index contributed by atoms with van der Waals surface area (Å²) in [7, 11) is 0. The molecule has 3 aromatic carbocycles. The van der Waals surface area contributed by atoms with Crippen molar-refractivity contribution in [1.82, 2.24) is 0 Å². The maximum atomic E-state index is 14.0. The highest BCUT2D eigenvalue weighted by atomic mass is 32.2. The summed E-state index contributed by atoms with van der Waals surface area (Å²) in [6.45, 7) is 4.09. The molecule has 0 unspecified atom stereocenters. The van der Waals surface area contributed by atoms with Crippen LogP contribution >= 0.6 is 11.8 Å². The van der Waals surface area contributed by atoms with Crippen LogP contribution < -0.4 is 15.1 Å². The zero-order valence-electron chi connectivity index (χ0n) is 19.0. The monoisotopic (exact) mass is 471 g/mol. The highest BCUT2D eigenvalue weighted by Crippen LogP contribution is 2.55. The number of thioether (sulfide) groups is 1. The van der Waals surface area contributed by atoms with Gasteiger partial charge in [-0.05, 0) is 41.8 Å². The van der Waals surface area contributed by atoms with Crippen LogP contribution in [0, 0.1) is 0 Å². The minimum absolute atomic E-state index is 0.129. The standard InChI is InChI=1S/C27H25N3O3S/c1-18(2)19-12-14-20(15-13-19)28-24(31)16-29-23-11-7-6-10-22(23)27(26(29)33)30(25(32)17-34-27)21-8-4-3-5-9-21/h3-15,18H,16-17H2,1-2H3,(H,28,31)/t27-/m0/s1.